The molecule has 4 aromatic rings. The van der Waals surface area contributed by atoms with Crippen molar-refractivity contribution < 1.29 is 23.8 Å². The van der Waals surface area contributed by atoms with E-state index in [1.54, 1.807) is 61.6 Å². The minimum Gasteiger partial charge on any atom is -0.507 e. The molecule has 3 aromatic carbocycles. The minimum absolute atomic E-state index is 0.0327. The molecule has 35 heavy (non-hydrogen) atoms. The predicted octanol–water partition coefficient (Wildman–Crippen LogP) is 4.73. The second-order valence-corrected chi connectivity index (χ2v) is 8.24. The lowest BCUT2D eigenvalue weighted by Crippen LogP contribution is -2.32. The topological polar surface area (TPSA) is 87.7 Å². The van der Waals surface area contributed by atoms with Gasteiger partial charge in [0.05, 0.1) is 20.3 Å². The van der Waals surface area contributed by atoms with Crippen molar-refractivity contribution >= 4 is 5.91 Å². The molecular formula is C27H24FN3O4. The van der Waals surface area contributed by atoms with Crippen LogP contribution in [0.4, 0.5) is 4.39 Å². The number of methoxy groups -OCH3 is 2. The van der Waals surface area contributed by atoms with Gasteiger partial charge >= 0.3 is 0 Å². The van der Waals surface area contributed by atoms with Crippen LogP contribution >= 0.6 is 0 Å². The molecule has 0 radical (unpaired) electrons. The van der Waals surface area contributed by atoms with E-state index in [-0.39, 0.29) is 11.7 Å². The number of phenolic OH excluding ortho intramolecular Hbond substituents is 1. The van der Waals surface area contributed by atoms with Gasteiger partial charge in [0.1, 0.15) is 23.0 Å². The van der Waals surface area contributed by atoms with Crippen molar-refractivity contribution in [2.75, 3.05) is 20.8 Å². The third-order valence-corrected chi connectivity index (χ3v) is 6.31. The summed E-state index contributed by atoms with van der Waals surface area (Å²) in [6.07, 6.45) is 0.515. The Morgan fingerprint density at radius 1 is 1.03 bits per heavy atom. The lowest BCUT2D eigenvalue weighted by molar-refractivity contribution is 0.0744. The number of nitrogens with one attached hydrogen (secondary N) is 1. The lowest BCUT2D eigenvalue weighted by atomic mass is 9.95. The Bertz CT molecular complexity index is 1400. The van der Waals surface area contributed by atoms with Crippen LogP contribution in [0.3, 0.4) is 0 Å². The molecule has 0 aliphatic carbocycles. The first-order valence-corrected chi connectivity index (χ1v) is 11.2. The number of aromatic nitrogens is 2. The maximum atomic E-state index is 15.1. The highest BCUT2D eigenvalue weighted by Crippen LogP contribution is 2.45. The monoisotopic (exact) mass is 473 g/mol. The number of fused-ring (bicyclic) bond motifs is 1. The number of carbonyl (C=O) groups excluding carboxylic acids is 1. The minimum atomic E-state index is -0.702. The summed E-state index contributed by atoms with van der Waals surface area (Å²) < 4.78 is 25.8. The zero-order chi connectivity index (χ0) is 24.5. The summed E-state index contributed by atoms with van der Waals surface area (Å²) in [5, 5.41) is 17.6. The standard InChI is InChI=1S/C27H24FN3O4/c1-34-21-12-11-16(15-22(21)35-2)13-14-31-26(17-7-3-5-9-19(17)28)23-24(29-30-25(23)27(31)33)18-8-4-6-10-20(18)32/h3-12,15,26,32H,13-14H2,1-2H3,(H,29,30)/t26-/m1/s1. The van der Waals surface area contributed by atoms with E-state index in [1.807, 2.05) is 18.2 Å². The Hall–Kier alpha value is -4.33. The summed E-state index contributed by atoms with van der Waals surface area (Å²) in [6, 6.07) is 18.1. The SMILES string of the molecule is COc1ccc(CCN2C(=O)c3[nH]nc(-c4ccccc4O)c3[C@H]2c2ccccc2F)cc1OC. The first kappa shape index (κ1) is 22.5. The average Bonchev–Trinajstić information content (AvgIpc) is 3.42. The van der Waals surface area contributed by atoms with Crippen molar-refractivity contribution in [3.63, 3.8) is 0 Å². The van der Waals surface area contributed by atoms with Crippen molar-refractivity contribution in [3.8, 4) is 28.5 Å². The molecule has 5 rings (SSSR count). The van der Waals surface area contributed by atoms with Crippen LogP contribution in [0, 0.1) is 5.82 Å². The van der Waals surface area contributed by atoms with Crippen LogP contribution in [0.15, 0.2) is 66.7 Å². The van der Waals surface area contributed by atoms with Crippen molar-refractivity contribution in [1.82, 2.24) is 15.1 Å². The molecule has 0 spiro atoms. The molecule has 2 N–H and O–H groups in total. The van der Waals surface area contributed by atoms with Gasteiger partial charge in [-0.1, -0.05) is 36.4 Å². The van der Waals surface area contributed by atoms with Crippen molar-refractivity contribution in [2.45, 2.75) is 12.5 Å². The Kier molecular flexibility index (Phi) is 5.86. The molecule has 8 heteroatoms. The first-order valence-electron chi connectivity index (χ1n) is 11.2. The van der Waals surface area contributed by atoms with Crippen LogP contribution in [0.1, 0.15) is 33.2 Å². The number of aromatic hydroxyl groups is 1. The van der Waals surface area contributed by atoms with E-state index < -0.39 is 11.9 Å². The molecule has 2 heterocycles. The number of rotatable bonds is 7. The molecule has 0 saturated heterocycles. The van der Waals surface area contributed by atoms with Crippen LogP contribution in [-0.4, -0.2) is 46.9 Å². The fourth-order valence-corrected chi connectivity index (χ4v) is 4.61. The number of halogens is 1. The largest absolute Gasteiger partial charge is 0.507 e. The smallest absolute Gasteiger partial charge is 0.273 e. The number of nitrogens with zero attached hydrogens (tertiary/aromatic N) is 2. The molecule has 0 bridgehead atoms. The second kappa shape index (κ2) is 9.13. The summed E-state index contributed by atoms with van der Waals surface area (Å²) in [7, 11) is 3.14. The molecule has 0 saturated carbocycles. The number of aromatic amines is 1. The summed E-state index contributed by atoms with van der Waals surface area (Å²) in [5.41, 5.74) is 3.05. The molecule has 1 aliphatic rings. The second-order valence-electron chi connectivity index (χ2n) is 8.24. The number of phenols is 1. The van der Waals surface area contributed by atoms with Crippen LogP contribution in [0.2, 0.25) is 0 Å². The van der Waals surface area contributed by atoms with E-state index in [0.29, 0.717) is 52.5 Å². The molecule has 1 aromatic heterocycles. The molecule has 0 fully saturated rings. The van der Waals surface area contributed by atoms with Gasteiger partial charge in [0.2, 0.25) is 0 Å². The number of carbonyl (C=O) groups is 1. The van der Waals surface area contributed by atoms with E-state index in [1.165, 1.54) is 6.07 Å². The number of amides is 1. The average molecular weight is 474 g/mol. The van der Waals surface area contributed by atoms with Gasteiger partial charge in [0.25, 0.3) is 5.91 Å². The quantitative estimate of drug-likeness (QED) is 0.405. The highest BCUT2D eigenvalue weighted by Gasteiger charge is 2.43. The molecule has 1 amide bonds. The molecule has 1 atom stereocenters. The zero-order valence-electron chi connectivity index (χ0n) is 19.3. The number of H-pyrrole nitrogens is 1. The van der Waals surface area contributed by atoms with Crippen molar-refractivity contribution in [3.05, 3.63) is 94.9 Å². The zero-order valence-corrected chi connectivity index (χ0v) is 19.3. The van der Waals surface area contributed by atoms with Crippen LogP contribution in [0.25, 0.3) is 11.3 Å². The van der Waals surface area contributed by atoms with Gasteiger partial charge in [-0.05, 0) is 42.3 Å². The number of benzene rings is 3. The highest BCUT2D eigenvalue weighted by molar-refractivity contribution is 6.00. The highest BCUT2D eigenvalue weighted by atomic mass is 19.1. The summed E-state index contributed by atoms with van der Waals surface area (Å²) >= 11 is 0. The molecule has 7 nitrogen and oxygen atoms in total. The van der Waals surface area contributed by atoms with E-state index in [2.05, 4.69) is 10.2 Å². The van der Waals surface area contributed by atoms with Gasteiger partial charge in [-0.3, -0.25) is 9.89 Å². The van der Waals surface area contributed by atoms with E-state index >= 15 is 4.39 Å². The fourth-order valence-electron chi connectivity index (χ4n) is 4.61. The summed E-state index contributed by atoms with van der Waals surface area (Å²) in [5.74, 6) is 0.553. The van der Waals surface area contributed by atoms with Gasteiger partial charge in [0, 0.05) is 23.2 Å². The van der Waals surface area contributed by atoms with Crippen molar-refractivity contribution in [1.29, 1.82) is 0 Å². The maximum Gasteiger partial charge on any atom is 0.273 e. The molecule has 178 valence electrons. The molecular weight excluding hydrogens is 449 g/mol. The third kappa shape index (κ3) is 3.86. The Morgan fingerprint density at radius 3 is 2.51 bits per heavy atom. The summed E-state index contributed by atoms with van der Waals surface area (Å²) in [4.78, 5) is 15.1. The first-order chi connectivity index (χ1) is 17.0. The molecule has 1 aliphatic heterocycles. The van der Waals surface area contributed by atoms with E-state index in [0.717, 1.165) is 5.56 Å². The van der Waals surface area contributed by atoms with E-state index in [9.17, 15) is 9.90 Å². The normalized spacial score (nSPS) is 14.8. The Labute approximate surface area is 201 Å². The number of hydrogen-bond acceptors (Lipinski definition) is 5. The number of ether oxygens (including phenoxy) is 2. The van der Waals surface area contributed by atoms with Crippen LogP contribution in [0.5, 0.6) is 17.2 Å². The van der Waals surface area contributed by atoms with Crippen molar-refractivity contribution in [2.24, 2.45) is 0 Å². The van der Waals surface area contributed by atoms with Gasteiger partial charge in [0.15, 0.2) is 11.5 Å². The van der Waals surface area contributed by atoms with Crippen LogP contribution in [-0.2, 0) is 6.42 Å². The lowest BCUT2D eigenvalue weighted by Gasteiger charge is -2.27. The number of hydrogen-bond donors (Lipinski definition) is 2. The van der Waals surface area contributed by atoms with Gasteiger partial charge in [-0.2, -0.15) is 5.10 Å². The predicted molar refractivity (Wildman–Crippen MR) is 128 cm³/mol. The van der Waals surface area contributed by atoms with Gasteiger partial charge in [-0.15, -0.1) is 0 Å². The fraction of sp³-hybridized carbons (Fsp3) is 0.185. The van der Waals surface area contributed by atoms with Crippen LogP contribution < -0.4 is 9.47 Å². The summed E-state index contributed by atoms with van der Waals surface area (Å²) in [6.45, 7) is 0.329. The number of para-hydroxylation sites is 1. The third-order valence-electron chi connectivity index (χ3n) is 6.31. The van der Waals surface area contributed by atoms with Gasteiger partial charge in [-0.25, -0.2) is 4.39 Å². The van der Waals surface area contributed by atoms with Gasteiger partial charge < -0.3 is 19.5 Å². The Morgan fingerprint density at radius 2 is 1.77 bits per heavy atom. The Balaban J connectivity index is 1.55. The molecule has 0 unspecified atom stereocenters. The maximum absolute atomic E-state index is 15.1. The van der Waals surface area contributed by atoms with E-state index in [4.69, 9.17) is 9.47 Å².